The van der Waals surface area contributed by atoms with E-state index in [4.69, 9.17) is 16.1 Å². The maximum atomic E-state index is 13.4. The van der Waals surface area contributed by atoms with E-state index in [-0.39, 0.29) is 17.5 Å². The van der Waals surface area contributed by atoms with E-state index in [0.29, 0.717) is 17.3 Å². The van der Waals surface area contributed by atoms with Crippen LogP contribution in [-0.2, 0) is 16.9 Å². The molecule has 3 aromatic rings. The Balaban J connectivity index is 1.55. The van der Waals surface area contributed by atoms with Crippen molar-refractivity contribution in [2.24, 2.45) is 0 Å². The van der Waals surface area contributed by atoms with Crippen LogP contribution in [0.25, 0.3) is 11.4 Å². The Morgan fingerprint density at radius 1 is 1.19 bits per heavy atom. The third kappa shape index (κ3) is 3.79. The number of urea groups is 1. The van der Waals surface area contributed by atoms with Crippen LogP contribution in [0.1, 0.15) is 43.7 Å². The summed E-state index contributed by atoms with van der Waals surface area (Å²) in [5.41, 5.74) is 0.815. The number of imide groups is 1. The van der Waals surface area contributed by atoms with Crippen LogP contribution in [0.4, 0.5) is 9.18 Å². The predicted molar refractivity (Wildman–Crippen MR) is 112 cm³/mol. The molecule has 9 heteroatoms. The number of aromatic nitrogens is 2. The summed E-state index contributed by atoms with van der Waals surface area (Å²) in [5, 5.41) is 6.62. The highest BCUT2D eigenvalue weighted by atomic mass is 35.5. The molecule has 0 aliphatic carbocycles. The SMILES string of the molecule is CC(C)c1ccc(-c2noc(CN3C(=O)NC(C)(c4ccc(F)cc4Cl)C3=O)n2)cc1. The first-order chi connectivity index (χ1) is 14.7. The van der Waals surface area contributed by atoms with Gasteiger partial charge in [-0.05, 0) is 30.5 Å². The Morgan fingerprint density at radius 2 is 1.90 bits per heavy atom. The molecule has 160 valence electrons. The lowest BCUT2D eigenvalue weighted by Gasteiger charge is -2.23. The monoisotopic (exact) mass is 442 g/mol. The molecule has 1 saturated heterocycles. The smallest absolute Gasteiger partial charge is 0.325 e. The molecule has 1 aromatic heterocycles. The number of hydrogen-bond acceptors (Lipinski definition) is 5. The lowest BCUT2D eigenvalue weighted by Crippen LogP contribution is -2.41. The first kappa shape index (κ1) is 21.0. The molecule has 1 aliphatic rings. The van der Waals surface area contributed by atoms with Gasteiger partial charge in [0, 0.05) is 16.1 Å². The largest absolute Gasteiger partial charge is 0.337 e. The molecule has 2 aromatic carbocycles. The average Bonchev–Trinajstić information content (AvgIpc) is 3.27. The molecule has 7 nitrogen and oxygen atoms in total. The normalized spacial score (nSPS) is 18.7. The summed E-state index contributed by atoms with van der Waals surface area (Å²) in [6.45, 7) is 5.52. The third-order valence-corrected chi connectivity index (χ3v) is 5.65. The number of hydrogen-bond donors (Lipinski definition) is 1. The summed E-state index contributed by atoms with van der Waals surface area (Å²) in [5.74, 6) is -0.209. The Kier molecular flexibility index (Phi) is 5.26. The standard InChI is InChI=1S/C22H20ClFN4O3/c1-12(2)13-4-6-14(7-5-13)19-25-18(31-27-19)11-28-20(29)22(3,26-21(28)30)16-9-8-15(24)10-17(16)23/h4-10,12H,11H2,1-3H3,(H,26,30). The van der Waals surface area contributed by atoms with Gasteiger partial charge in [0.05, 0.1) is 0 Å². The van der Waals surface area contributed by atoms with Gasteiger partial charge in [-0.2, -0.15) is 4.98 Å². The highest BCUT2D eigenvalue weighted by Gasteiger charge is 2.50. The van der Waals surface area contributed by atoms with Crippen LogP contribution >= 0.6 is 11.6 Å². The van der Waals surface area contributed by atoms with Crippen molar-refractivity contribution in [1.82, 2.24) is 20.4 Å². The fourth-order valence-corrected chi connectivity index (χ4v) is 3.86. The molecular weight excluding hydrogens is 423 g/mol. The topological polar surface area (TPSA) is 88.3 Å². The number of nitrogens with one attached hydrogen (secondary N) is 1. The highest BCUT2D eigenvalue weighted by Crippen LogP contribution is 2.34. The van der Waals surface area contributed by atoms with E-state index in [1.807, 2.05) is 24.3 Å². The maximum absolute atomic E-state index is 13.4. The van der Waals surface area contributed by atoms with Crippen LogP contribution in [0, 0.1) is 5.82 Å². The van der Waals surface area contributed by atoms with E-state index in [1.165, 1.54) is 24.6 Å². The second kappa shape index (κ2) is 7.77. The number of benzene rings is 2. The van der Waals surface area contributed by atoms with Crippen LogP contribution in [-0.4, -0.2) is 27.0 Å². The molecule has 4 rings (SSSR count). The summed E-state index contributed by atoms with van der Waals surface area (Å²) < 4.78 is 18.7. The zero-order valence-corrected chi connectivity index (χ0v) is 17.9. The van der Waals surface area contributed by atoms with Gasteiger partial charge >= 0.3 is 6.03 Å². The van der Waals surface area contributed by atoms with Gasteiger partial charge < -0.3 is 9.84 Å². The second-order valence-electron chi connectivity index (χ2n) is 7.86. The van der Waals surface area contributed by atoms with Crippen molar-refractivity contribution in [3.05, 3.63) is 70.3 Å². The lowest BCUT2D eigenvalue weighted by molar-refractivity contribution is -0.131. The van der Waals surface area contributed by atoms with Crippen molar-refractivity contribution in [2.45, 2.75) is 38.8 Å². The fourth-order valence-electron chi connectivity index (χ4n) is 3.51. The van der Waals surface area contributed by atoms with Crippen molar-refractivity contribution in [1.29, 1.82) is 0 Å². The van der Waals surface area contributed by atoms with Gasteiger partial charge in [-0.1, -0.05) is 60.9 Å². The van der Waals surface area contributed by atoms with Crippen molar-refractivity contribution in [2.75, 3.05) is 0 Å². The van der Waals surface area contributed by atoms with Crippen LogP contribution in [0.15, 0.2) is 47.0 Å². The van der Waals surface area contributed by atoms with E-state index < -0.39 is 23.3 Å². The minimum atomic E-state index is -1.43. The molecule has 1 fully saturated rings. The predicted octanol–water partition coefficient (Wildman–Crippen LogP) is 4.62. The molecule has 31 heavy (non-hydrogen) atoms. The maximum Gasteiger partial charge on any atom is 0.325 e. The van der Waals surface area contributed by atoms with Gasteiger partial charge in [0.1, 0.15) is 17.9 Å². The van der Waals surface area contributed by atoms with E-state index >= 15 is 0 Å². The average molecular weight is 443 g/mol. The summed E-state index contributed by atoms with van der Waals surface area (Å²) in [6.07, 6.45) is 0. The summed E-state index contributed by atoms with van der Waals surface area (Å²) in [6, 6.07) is 10.8. The number of nitrogens with zero attached hydrogens (tertiary/aromatic N) is 3. The van der Waals surface area contributed by atoms with E-state index in [2.05, 4.69) is 29.3 Å². The number of amides is 3. The second-order valence-corrected chi connectivity index (χ2v) is 8.27. The van der Waals surface area contributed by atoms with Crippen molar-refractivity contribution in [3.63, 3.8) is 0 Å². The van der Waals surface area contributed by atoms with Gasteiger partial charge in [-0.25, -0.2) is 9.18 Å². The Bertz CT molecular complexity index is 1160. The van der Waals surface area contributed by atoms with Crippen LogP contribution < -0.4 is 5.32 Å². The Hall–Kier alpha value is -3.26. The molecule has 1 N–H and O–H groups in total. The minimum Gasteiger partial charge on any atom is -0.337 e. The van der Waals surface area contributed by atoms with Crippen LogP contribution in [0.5, 0.6) is 0 Å². The van der Waals surface area contributed by atoms with Gasteiger partial charge in [-0.15, -0.1) is 0 Å². The number of carbonyl (C=O) groups excluding carboxylic acids is 2. The zero-order valence-electron chi connectivity index (χ0n) is 17.1. The van der Waals surface area contributed by atoms with E-state index in [0.717, 1.165) is 16.5 Å². The van der Waals surface area contributed by atoms with Gasteiger partial charge in [-0.3, -0.25) is 9.69 Å². The zero-order chi connectivity index (χ0) is 22.3. The van der Waals surface area contributed by atoms with Crippen molar-refractivity contribution >= 4 is 23.5 Å². The highest BCUT2D eigenvalue weighted by molar-refractivity contribution is 6.32. The van der Waals surface area contributed by atoms with E-state index in [1.54, 1.807) is 0 Å². The molecule has 1 unspecified atom stereocenters. The van der Waals surface area contributed by atoms with Crippen molar-refractivity contribution < 1.29 is 18.5 Å². The number of rotatable bonds is 5. The fraction of sp³-hybridized carbons (Fsp3) is 0.273. The van der Waals surface area contributed by atoms with Gasteiger partial charge in [0.2, 0.25) is 11.7 Å². The molecule has 0 spiro atoms. The summed E-state index contributed by atoms with van der Waals surface area (Å²) in [7, 11) is 0. The van der Waals surface area contributed by atoms with Crippen LogP contribution in [0.2, 0.25) is 5.02 Å². The first-order valence-corrected chi connectivity index (χ1v) is 10.1. The number of halogens is 2. The molecule has 0 bridgehead atoms. The van der Waals surface area contributed by atoms with Crippen molar-refractivity contribution in [3.8, 4) is 11.4 Å². The van der Waals surface area contributed by atoms with E-state index in [9.17, 15) is 14.0 Å². The quantitative estimate of drug-likeness (QED) is 0.582. The van der Waals surface area contributed by atoms with Crippen LogP contribution in [0.3, 0.4) is 0 Å². The summed E-state index contributed by atoms with van der Waals surface area (Å²) >= 11 is 6.12. The minimum absolute atomic E-state index is 0.0444. The van der Waals surface area contributed by atoms with Gasteiger partial charge in [0.25, 0.3) is 5.91 Å². The Morgan fingerprint density at radius 3 is 2.55 bits per heavy atom. The number of carbonyl (C=O) groups is 2. The lowest BCUT2D eigenvalue weighted by atomic mass is 9.92. The Labute approximate surface area is 183 Å². The molecule has 3 amide bonds. The molecule has 0 radical (unpaired) electrons. The molecule has 2 heterocycles. The first-order valence-electron chi connectivity index (χ1n) is 9.71. The third-order valence-electron chi connectivity index (χ3n) is 5.34. The summed E-state index contributed by atoms with van der Waals surface area (Å²) in [4.78, 5) is 30.9. The molecule has 0 saturated carbocycles. The van der Waals surface area contributed by atoms with Gasteiger partial charge in [0.15, 0.2) is 0 Å². The molecule has 1 atom stereocenters. The molecule has 1 aliphatic heterocycles. The molecular formula is C22H20ClFN4O3.